The lowest BCUT2D eigenvalue weighted by Gasteiger charge is -2.06. The zero-order valence-electron chi connectivity index (χ0n) is 15.2. The van der Waals surface area contributed by atoms with Gasteiger partial charge in [0.05, 0.1) is 10.6 Å². The van der Waals surface area contributed by atoms with E-state index in [1.807, 2.05) is 0 Å². The number of thioether (sulfide) groups is 1. The zero-order chi connectivity index (χ0) is 20.1. The van der Waals surface area contributed by atoms with Gasteiger partial charge in [-0.05, 0) is 36.6 Å². The maximum atomic E-state index is 12.1. The molecule has 148 valence electrons. The first-order valence-corrected chi connectivity index (χ1v) is 12.0. The Morgan fingerprint density at radius 3 is 2.68 bits per heavy atom. The molecule has 3 N–H and O–H groups in total. The summed E-state index contributed by atoms with van der Waals surface area (Å²) in [7, 11) is -3.69. The van der Waals surface area contributed by atoms with Crippen molar-refractivity contribution >= 4 is 49.2 Å². The molecule has 0 unspecified atom stereocenters. The Labute approximate surface area is 171 Å². The summed E-state index contributed by atoms with van der Waals surface area (Å²) in [5.74, 6) is 0.192. The lowest BCUT2D eigenvalue weighted by Crippen LogP contribution is -2.27. The highest BCUT2D eigenvalue weighted by atomic mass is 32.2. The molecule has 0 saturated carbocycles. The van der Waals surface area contributed by atoms with Crippen molar-refractivity contribution in [3.05, 3.63) is 47.1 Å². The number of aromatic nitrogens is 2. The van der Waals surface area contributed by atoms with Crippen LogP contribution in [0, 0.1) is 0 Å². The molecule has 0 saturated heterocycles. The highest BCUT2D eigenvalue weighted by Crippen LogP contribution is 2.30. The number of aryl methyl sites for hydroxylation is 1. The standard InChI is InChI=1S/C18H20N4O3S3/c1-2-13-9-15-17(21-11-22-18(15)27-13)26-10-16(23)20-8-7-12-3-5-14(6-4-12)28(19,24)25/h3-6,9,11H,2,7-8,10H2,1H3,(H,20,23)(H2,19,24,25). The number of rotatable bonds is 8. The number of nitrogens with zero attached hydrogens (tertiary/aromatic N) is 2. The third-order valence-electron chi connectivity index (χ3n) is 4.02. The van der Waals surface area contributed by atoms with Gasteiger partial charge in [-0.25, -0.2) is 23.5 Å². The number of thiophene rings is 1. The maximum Gasteiger partial charge on any atom is 0.238 e. The zero-order valence-corrected chi connectivity index (χ0v) is 17.7. The van der Waals surface area contributed by atoms with Crippen LogP contribution in [0.5, 0.6) is 0 Å². The Bertz CT molecular complexity index is 1080. The largest absolute Gasteiger partial charge is 0.355 e. The Balaban J connectivity index is 1.49. The van der Waals surface area contributed by atoms with Gasteiger partial charge >= 0.3 is 0 Å². The minimum atomic E-state index is -3.69. The van der Waals surface area contributed by atoms with Gasteiger partial charge in [0.1, 0.15) is 16.2 Å². The van der Waals surface area contributed by atoms with Crippen molar-refractivity contribution < 1.29 is 13.2 Å². The Morgan fingerprint density at radius 1 is 1.25 bits per heavy atom. The summed E-state index contributed by atoms with van der Waals surface area (Å²) in [6.45, 7) is 2.56. The number of primary sulfonamides is 1. The van der Waals surface area contributed by atoms with Gasteiger partial charge in [-0.1, -0.05) is 30.8 Å². The van der Waals surface area contributed by atoms with Crippen LogP contribution < -0.4 is 10.5 Å². The number of hydrogen-bond acceptors (Lipinski definition) is 7. The number of fused-ring (bicyclic) bond motifs is 1. The highest BCUT2D eigenvalue weighted by molar-refractivity contribution is 8.00. The molecule has 0 radical (unpaired) electrons. The van der Waals surface area contributed by atoms with E-state index >= 15 is 0 Å². The van der Waals surface area contributed by atoms with Crippen LogP contribution in [0.15, 0.2) is 46.6 Å². The fraction of sp³-hybridized carbons (Fsp3) is 0.278. The molecule has 1 amide bonds. The van der Waals surface area contributed by atoms with Crippen LogP contribution in [0.2, 0.25) is 0 Å². The van der Waals surface area contributed by atoms with E-state index in [0.717, 1.165) is 27.2 Å². The maximum absolute atomic E-state index is 12.1. The molecule has 0 aliphatic carbocycles. The van der Waals surface area contributed by atoms with Crippen molar-refractivity contribution in [2.24, 2.45) is 5.14 Å². The summed E-state index contributed by atoms with van der Waals surface area (Å²) in [6, 6.07) is 8.41. The number of amides is 1. The van der Waals surface area contributed by atoms with Gasteiger partial charge in [0.15, 0.2) is 0 Å². The quantitative estimate of drug-likeness (QED) is 0.414. The summed E-state index contributed by atoms with van der Waals surface area (Å²) >= 11 is 3.04. The van der Waals surface area contributed by atoms with Gasteiger partial charge in [-0.2, -0.15) is 0 Å². The predicted molar refractivity (Wildman–Crippen MR) is 112 cm³/mol. The van der Waals surface area contributed by atoms with E-state index in [9.17, 15) is 13.2 Å². The lowest BCUT2D eigenvalue weighted by atomic mass is 10.1. The second-order valence-corrected chi connectivity index (χ2v) is 9.68. The summed E-state index contributed by atoms with van der Waals surface area (Å²) in [4.78, 5) is 23.0. The van der Waals surface area contributed by atoms with E-state index in [1.165, 1.54) is 35.1 Å². The molecule has 0 bridgehead atoms. The van der Waals surface area contributed by atoms with Crippen molar-refractivity contribution in [2.45, 2.75) is 29.7 Å². The Hall–Kier alpha value is -2.01. The van der Waals surface area contributed by atoms with Gasteiger partial charge in [0, 0.05) is 16.8 Å². The van der Waals surface area contributed by atoms with E-state index in [-0.39, 0.29) is 16.6 Å². The van der Waals surface area contributed by atoms with E-state index in [4.69, 9.17) is 5.14 Å². The molecule has 2 heterocycles. The second-order valence-electron chi connectivity index (χ2n) is 6.04. The molecule has 0 aliphatic heterocycles. The van der Waals surface area contributed by atoms with Crippen molar-refractivity contribution in [1.82, 2.24) is 15.3 Å². The van der Waals surface area contributed by atoms with Crippen LogP contribution in [-0.2, 0) is 27.7 Å². The van der Waals surface area contributed by atoms with Gasteiger partial charge in [0.2, 0.25) is 15.9 Å². The molecule has 0 spiro atoms. The molecule has 3 aromatic rings. The molecule has 0 fully saturated rings. The minimum absolute atomic E-state index is 0.0764. The number of nitrogens with one attached hydrogen (secondary N) is 1. The van der Waals surface area contributed by atoms with Crippen molar-refractivity contribution in [3.63, 3.8) is 0 Å². The van der Waals surface area contributed by atoms with Crippen molar-refractivity contribution in [2.75, 3.05) is 12.3 Å². The van der Waals surface area contributed by atoms with Crippen LogP contribution in [0.4, 0.5) is 0 Å². The summed E-state index contributed by atoms with van der Waals surface area (Å²) < 4.78 is 22.5. The van der Waals surface area contributed by atoms with Gasteiger partial charge in [0.25, 0.3) is 0 Å². The smallest absolute Gasteiger partial charge is 0.238 e. The molecule has 10 heteroatoms. The van der Waals surface area contributed by atoms with E-state index < -0.39 is 10.0 Å². The van der Waals surface area contributed by atoms with Crippen LogP contribution in [-0.4, -0.2) is 36.6 Å². The first kappa shape index (κ1) is 20.7. The van der Waals surface area contributed by atoms with Crippen molar-refractivity contribution in [1.29, 1.82) is 0 Å². The van der Waals surface area contributed by atoms with Gasteiger partial charge < -0.3 is 5.32 Å². The number of benzene rings is 1. The highest BCUT2D eigenvalue weighted by Gasteiger charge is 2.11. The van der Waals surface area contributed by atoms with Crippen LogP contribution in [0.1, 0.15) is 17.4 Å². The summed E-state index contributed by atoms with van der Waals surface area (Å²) in [5, 5.41) is 9.76. The number of carbonyl (C=O) groups excluding carboxylic acids is 1. The Morgan fingerprint density at radius 2 is 2.00 bits per heavy atom. The normalized spacial score (nSPS) is 11.6. The fourth-order valence-electron chi connectivity index (χ4n) is 2.55. The number of hydrogen-bond donors (Lipinski definition) is 2. The first-order valence-electron chi connectivity index (χ1n) is 8.61. The molecular weight excluding hydrogens is 416 g/mol. The van der Waals surface area contributed by atoms with Crippen LogP contribution >= 0.6 is 23.1 Å². The third kappa shape index (κ3) is 5.28. The molecule has 7 nitrogen and oxygen atoms in total. The summed E-state index contributed by atoms with van der Waals surface area (Å²) in [5.41, 5.74) is 0.920. The van der Waals surface area contributed by atoms with E-state index in [0.29, 0.717) is 13.0 Å². The minimum Gasteiger partial charge on any atom is -0.355 e. The topological polar surface area (TPSA) is 115 Å². The number of carbonyl (C=O) groups is 1. The van der Waals surface area contributed by atoms with Crippen LogP contribution in [0.25, 0.3) is 10.2 Å². The molecule has 3 rings (SSSR count). The average molecular weight is 437 g/mol. The monoisotopic (exact) mass is 436 g/mol. The predicted octanol–water partition coefficient (Wildman–Crippen LogP) is 2.35. The first-order chi connectivity index (χ1) is 13.4. The fourth-order valence-corrected chi connectivity index (χ4v) is 4.87. The molecule has 1 aromatic carbocycles. The SMILES string of the molecule is CCc1cc2c(SCC(=O)NCCc3ccc(S(N)(=O)=O)cc3)ncnc2s1. The molecule has 28 heavy (non-hydrogen) atoms. The molecule has 2 aromatic heterocycles. The molecular formula is C18H20N4O3S3. The average Bonchev–Trinajstić information content (AvgIpc) is 3.10. The Kier molecular flexibility index (Phi) is 6.65. The van der Waals surface area contributed by atoms with Gasteiger partial charge in [-0.15, -0.1) is 11.3 Å². The van der Waals surface area contributed by atoms with Crippen LogP contribution in [0.3, 0.4) is 0 Å². The van der Waals surface area contributed by atoms with Crippen molar-refractivity contribution in [3.8, 4) is 0 Å². The molecule has 0 atom stereocenters. The lowest BCUT2D eigenvalue weighted by molar-refractivity contribution is -0.118. The molecule has 0 aliphatic rings. The third-order valence-corrected chi connectivity index (χ3v) is 7.14. The number of sulfonamides is 1. The van der Waals surface area contributed by atoms with Gasteiger partial charge in [-0.3, -0.25) is 4.79 Å². The van der Waals surface area contributed by atoms with E-state index in [2.05, 4.69) is 28.3 Å². The number of nitrogens with two attached hydrogens (primary N) is 1. The summed E-state index contributed by atoms with van der Waals surface area (Å²) in [6.07, 6.45) is 3.08. The van der Waals surface area contributed by atoms with E-state index in [1.54, 1.807) is 23.5 Å². The second kappa shape index (κ2) is 8.99.